The van der Waals surface area contributed by atoms with Gasteiger partial charge in [0.05, 0.1) is 11.2 Å². The van der Waals surface area contributed by atoms with Crippen LogP contribution < -0.4 is 5.73 Å². The first-order valence-electron chi connectivity index (χ1n) is 6.57. The van der Waals surface area contributed by atoms with Gasteiger partial charge < -0.3 is 5.73 Å². The molecule has 0 bridgehead atoms. The van der Waals surface area contributed by atoms with Gasteiger partial charge in [0.25, 0.3) is 0 Å². The Labute approximate surface area is 109 Å². The maximum absolute atomic E-state index is 6.62. The number of aromatic nitrogens is 1. The van der Waals surface area contributed by atoms with Crippen molar-refractivity contribution in [2.24, 2.45) is 11.1 Å². The van der Waals surface area contributed by atoms with Gasteiger partial charge in [-0.25, -0.2) is 4.98 Å². The summed E-state index contributed by atoms with van der Waals surface area (Å²) in [7, 11) is 0. The second-order valence-corrected chi connectivity index (χ2v) is 7.44. The Kier molecular flexibility index (Phi) is 3.34. The lowest BCUT2D eigenvalue weighted by molar-refractivity contribution is 0.151. The van der Waals surface area contributed by atoms with Crippen LogP contribution in [0.25, 0.3) is 0 Å². The molecule has 1 aromatic rings. The van der Waals surface area contributed by atoms with Crippen molar-refractivity contribution in [3.05, 3.63) is 16.1 Å². The molecule has 2 N–H and O–H groups in total. The van der Waals surface area contributed by atoms with Gasteiger partial charge in [0.15, 0.2) is 0 Å². The molecule has 0 amide bonds. The molecule has 17 heavy (non-hydrogen) atoms. The summed E-state index contributed by atoms with van der Waals surface area (Å²) in [6.45, 7) is 9.02. The highest BCUT2D eigenvalue weighted by atomic mass is 32.1. The predicted octanol–water partition coefficient (Wildman–Crippen LogP) is 4.02. The molecule has 2 nitrogen and oxygen atoms in total. The summed E-state index contributed by atoms with van der Waals surface area (Å²) >= 11 is 1.75. The standard InChI is InChI=1S/C14H24N2S/c1-10(2)11-8-17-12(16-11)14(15)7-5-6-13(3,4)9-14/h8,10H,5-7,9,15H2,1-4H3. The predicted molar refractivity (Wildman–Crippen MR) is 74.3 cm³/mol. The summed E-state index contributed by atoms with van der Waals surface area (Å²) < 4.78 is 0. The smallest absolute Gasteiger partial charge is 0.113 e. The largest absolute Gasteiger partial charge is 0.319 e. The molecule has 0 saturated heterocycles. The molecular formula is C14H24N2S. The molecule has 0 aliphatic heterocycles. The Morgan fingerprint density at radius 3 is 2.59 bits per heavy atom. The second kappa shape index (κ2) is 4.36. The molecule has 1 aliphatic rings. The number of hydrogen-bond acceptors (Lipinski definition) is 3. The summed E-state index contributed by atoms with van der Waals surface area (Å²) in [6, 6.07) is 0. The molecule has 0 radical (unpaired) electrons. The maximum atomic E-state index is 6.62. The van der Waals surface area contributed by atoms with Crippen molar-refractivity contribution in [3.63, 3.8) is 0 Å². The van der Waals surface area contributed by atoms with E-state index in [-0.39, 0.29) is 5.54 Å². The fourth-order valence-corrected chi connectivity index (χ4v) is 4.00. The summed E-state index contributed by atoms with van der Waals surface area (Å²) in [5.41, 5.74) is 7.99. The van der Waals surface area contributed by atoms with Gasteiger partial charge in [-0.3, -0.25) is 0 Å². The van der Waals surface area contributed by atoms with E-state index < -0.39 is 0 Å². The Bertz CT molecular complexity index is 395. The third-order valence-electron chi connectivity index (χ3n) is 3.81. The van der Waals surface area contributed by atoms with E-state index in [9.17, 15) is 0 Å². The average Bonchev–Trinajstić information content (AvgIpc) is 2.64. The van der Waals surface area contributed by atoms with Crippen molar-refractivity contribution in [1.82, 2.24) is 4.98 Å². The molecule has 1 atom stereocenters. The van der Waals surface area contributed by atoms with Crippen LogP contribution in [0.3, 0.4) is 0 Å². The summed E-state index contributed by atoms with van der Waals surface area (Å²) in [6.07, 6.45) is 4.65. The summed E-state index contributed by atoms with van der Waals surface area (Å²) in [4.78, 5) is 4.76. The molecule has 1 aromatic heterocycles. The zero-order valence-corrected chi connectivity index (χ0v) is 12.2. The molecule has 0 spiro atoms. The zero-order chi connectivity index (χ0) is 12.7. The number of nitrogens with zero attached hydrogens (tertiary/aromatic N) is 1. The zero-order valence-electron chi connectivity index (χ0n) is 11.4. The molecule has 1 heterocycles. The number of rotatable bonds is 2. The van der Waals surface area contributed by atoms with Crippen LogP contribution in [-0.2, 0) is 5.54 Å². The molecule has 1 fully saturated rings. The van der Waals surface area contributed by atoms with E-state index in [2.05, 4.69) is 33.1 Å². The van der Waals surface area contributed by atoms with E-state index in [1.165, 1.54) is 18.5 Å². The molecule has 96 valence electrons. The van der Waals surface area contributed by atoms with Gasteiger partial charge in [-0.15, -0.1) is 11.3 Å². The minimum Gasteiger partial charge on any atom is -0.319 e. The van der Waals surface area contributed by atoms with Gasteiger partial charge in [-0.05, 0) is 30.6 Å². The fraction of sp³-hybridized carbons (Fsp3) is 0.786. The van der Waals surface area contributed by atoms with Crippen LogP contribution in [0.2, 0.25) is 0 Å². The van der Waals surface area contributed by atoms with Gasteiger partial charge in [0.1, 0.15) is 5.01 Å². The highest BCUT2D eigenvalue weighted by Gasteiger charge is 2.40. The highest BCUT2D eigenvalue weighted by Crippen LogP contribution is 2.45. The van der Waals surface area contributed by atoms with Gasteiger partial charge in [-0.2, -0.15) is 0 Å². The van der Waals surface area contributed by atoms with E-state index in [4.69, 9.17) is 10.7 Å². The molecule has 3 heteroatoms. The van der Waals surface area contributed by atoms with E-state index in [1.54, 1.807) is 11.3 Å². The van der Waals surface area contributed by atoms with E-state index in [0.29, 0.717) is 11.3 Å². The minimum absolute atomic E-state index is 0.181. The van der Waals surface area contributed by atoms with Gasteiger partial charge in [-0.1, -0.05) is 34.1 Å². The average molecular weight is 252 g/mol. The first kappa shape index (κ1) is 13.0. The van der Waals surface area contributed by atoms with E-state index >= 15 is 0 Å². The van der Waals surface area contributed by atoms with Crippen molar-refractivity contribution >= 4 is 11.3 Å². The third-order valence-corrected chi connectivity index (χ3v) is 4.89. The van der Waals surface area contributed by atoms with Gasteiger partial charge in [0, 0.05) is 5.38 Å². The number of thiazole rings is 1. The van der Waals surface area contributed by atoms with Crippen LogP contribution in [0.15, 0.2) is 5.38 Å². The van der Waals surface area contributed by atoms with Crippen molar-refractivity contribution in [2.45, 2.75) is 64.8 Å². The Morgan fingerprint density at radius 2 is 2.06 bits per heavy atom. The SMILES string of the molecule is CC(C)c1csc(C2(N)CCCC(C)(C)C2)n1. The Morgan fingerprint density at radius 1 is 1.35 bits per heavy atom. The van der Waals surface area contributed by atoms with Crippen molar-refractivity contribution < 1.29 is 0 Å². The van der Waals surface area contributed by atoms with Crippen molar-refractivity contribution in [3.8, 4) is 0 Å². The Balaban J connectivity index is 2.24. The first-order chi connectivity index (χ1) is 7.82. The minimum atomic E-state index is -0.181. The van der Waals surface area contributed by atoms with Crippen LogP contribution in [-0.4, -0.2) is 4.98 Å². The van der Waals surface area contributed by atoms with Crippen LogP contribution in [0, 0.1) is 5.41 Å². The lowest BCUT2D eigenvalue weighted by Crippen LogP contribution is -2.44. The molecule has 2 rings (SSSR count). The molecule has 0 aromatic carbocycles. The number of nitrogens with two attached hydrogens (primary N) is 1. The van der Waals surface area contributed by atoms with Gasteiger partial charge in [0.2, 0.25) is 0 Å². The molecular weight excluding hydrogens is 228 g/mol. The molecule has 1 aliphatic carbocycles. The van der Waals surface area contributed by atoms with E-state index in [1.807, 2.05) is 0 Å². The number of hydrogen-bond donors (Lipinski definition) is 1. The van der Waals surface area contributed by atoms with Crippen molar-refractivity contribution in [2.75, 3.05) is 0 Å². The highest BCUT2D eigenvalue weighted by molar-refractivity contribution is 7.09. The summed E-state index contributed by atoms with van der Waals surface area (Å²) in [5, 5.41) is 3.32. The van der Waals surface area contributed by atoms with Crippen LogP contribution >= 0.6 is 11.3 Å². The topological polar surface area (TPSA) is 38.9 Å². The van der Waals surface area contributed by atoms with Crippen LogP contribution in [0.1, 0.15) is 70.0 Å². The van der Waals surface area contributed by atoms with Crippen LogP contribution in [0.4, 0.5) is 0 Å². The third kappa shape index (κ3) is 2.71. The quantitative estimate of drug-likeness (QED) is 0.863. The maximum Gasteiger partial charge on any atom is 0.113 e. The first-order valence-corrected chi connectivity index (χ1v) is 7.45. The van der Waals surface area contributed by atoms with Crippen molar-refractivity contribution in [1.29, 1.82) is 0 Å². The molecule has 1 unspecified atom stereocenters. The monoisotopic (exact) mass is 252 g/mol. The Hall–Kier alpha value is -0.410. The lowest BCUT2D eigenvalue weighted by Gasteiger charge is -2.41. The second-order valence-electron chi connectivity index (χ2n) is 6.58. The van der Waals surface area contributed by atoms with Crippen LogP contribution in [0.5, 0.6) is 0 Å². The lowest BCUT2D eigenvalue weighted by atomic mass is 9.69. The van der Waals surface area contributed by atoms with Gasteiger partial charge >= 0.3 is 0 Å². The molecule has 1 saturated carbocycles. The summed E-state index contributed by atoms with van der Waals surface area (Å²) in [5.74, 6) is 0.500. The van der Waals surface area contributed by atoms with E-state index in [0.717, 1.165) is 17.8 Å². The fourth-order valence-electron chi connectivity index (χ4n) is 2.88. The normalized spacial score (nSPS) is 28.6.